The van der Waals surface area contributed by atoms with E-state index in [2.05, 4.69) is 52.3 Å². The Labute approximate surface area is 168 Å². The highest BCUT2D eigenvalue weighted by Crippen LogP contribution is 2.41. The molecule has 0 saturated heterocycles. The van der Waals surface area contributed by atoms with Gasteiger partial charge in [0.1, 0.15) is 5.75 Å². The van der Waals surface area contributed by atoms with Gasteiger partial charge in [-0.25, -0.2) is 4.98 Å². The molecule has 1 aromatic heterocycles. The van der Waals surface area contributed by atoms with Crippen LogP contribution in [0.3, 0.4) is 0 Å². The Bertz CT molecular complexity index is 1120. The van der Waals surface area contributed by atoms with Crippen LogP contribution >= 0.6 is 11.6 Å². The maximum atomic E-state index is 6.09. The van der Waals surface area contributed by atoms with Crippen molar-refractivity contribution in [2.75, 3.05) is 12.4 Å². The molecule has 4 nitrogen and oxygen atoms in total. The molecule has 5 rings (SSSR count). The maximum absolute atomic E-state index is 6.09. The first-order chi connectivity index (χ1) is 13.7. The summed E-state index contributed by atoms with van der Waals surface area (Å²) in [5.74, 6) is 1.76. The highest BCUT2D eigenvalue weighted by atomic mass is 35.5. The lowest BCUT2D eigenvalue weighted by Crippen LogP contribution is -2.27. The standard InChI is InChI=1S/C23H20ClN3O/c1-28-18-12-8-16(9-13-18)22-14-20(15-6-10-17(24)11-7-15)26-23-25-19-4-2-3-5-21(19)27(22)23/h2-13,20,22H,14H2,1H3,(H,25,26)/t20-,22-/m0/s1. The minimum absolute atomic E-state index is 0.161. The molecule has 0 fully saturated rings. The second-order valence-electron chi connectivity index (χ2n) is 7.07. The van der Waals surface area contributed by atoms with E-state index < -0.39 is 0 Å². The summed E-state index contributed by atoms with van der Waals surface area (Å²) < 4.78 is 7.65. The number of nitrogens with zero attached hydrogens (tertiary/aromatic N) is 2. The number of nitrogens with one attached hydrogen (secondary N) is 1. The van der Waals surface area contributed by atoms with Gasteiger partial charge in [0.05, 0.1) is 30.2 Å². The Balaban J connectivity index is 1.63. The van der Waals surface area contributed by atoms with Crippen LogP contribution in [0.5, 0.6) is 5.75 Å². The normalized spacial score (nSPS) is 18.5. The van der Waals surface area contributed by atoms with Crippen molar-refractivity contribution in [3.05, 3.63) is 88.9 Å². The van der Waals surface area contributed by atoms with Crippen LogP contribution in [0.15, 0.2) is 72.8 Å². The molecular formula is C23H20ClN3O. The van der Waals surface area contributed by atoms with Gasteiger partial charge in [0.2, 0.25) is 5.95 Å². The zero-order valence-corrected chi connectivity index (χ0v) is 16.2. The number of aromatic nitrogens is 2. The third-order valence-electron chi connectivity index (χ3n) is 5.44. The lowest BCUT2D eigenvalue weighted by molar-refractivity contribution is 0.414. The summed E-state index contributed by atoms with van der Waals surface area (Å²) in [5.41, 5.74) is 4.59. The molecule has 1 aliphatic rings. The number of hydrogen-bond donors (Lipinski definition) is 1. The molecular weight excluding hydrogens is 370 g/mol. The molecule has 28 heavy (non-hydrogen) atoms. The van der Waals surface area contributed by atoms with E-state index in [4.69, 9.17) is 21.3 Å². The van der Waals surface area contributed by atoms with Crippen molar-refractivity contribution in [1.82, 2.24) is 9.55 Å². The topological polar surface area (TPSA) is 39.1 Å². The largest absolute Gasteiger partial charge is 0.497 e. The Morgan fingerprint density at radius 3 is 2.43 bits per heavy atom. The van der Waals surface area contributed by atoms with E-state index in [1.54, 1.807) is 7.11 Å². The van der Waals surface area contributed by atoms with Gasteiger partial charge in [-0.05, 0) is 53.9 Å². The lowest BCUT2D eigenvalue weighted by Gasteiger charge is -2.33. The van der Waals surface area contributed by atoms with Gasteiger partial charge in [0.25, 0.3) is 0 Å². The van der Waals surface area contributed by atoms with Crippen molar-refractivity contribution in [2.45, 2.75) is 18.5 Å². The fourth-order valence-corrected chi connectivity index (χ4v) is 4.16. The number of fused-ring (bicyclic) bond motifs is 3. The van der Waals surface area contributed by atoms with Crippen molar-refractivity contribution >= 4 is 28.6 Å². The minimum Gasteiger partial charge on any atom is -0.497 e. The van der Waals surface area contributed by atoms with Crippen molar-refractivity contribution in [3.63, 3.8) is 0 Å². The molecule has 0 amide bonds. The molecule has 0 radical (unpaired) electrons. The summed E-state index contributed by atoms with van der Waals surface area (Å²) >= 11 is 6.09. The van der Waals surface area contributed by atoms with Gasteiger partial charge in [-0.15, -0.1) is 0 Å². The maximum Gasteiger partial charge on any atom is 0.204 e. The predicted molar refractivity (Wildman–Crippen MR) is 113 cm³/mol. The Morgan fingerprint density at radius 2 is 1.68 bits per heavy atom. The number of ether oxygens (including phenoxy) is 1. The summed E-state index contributed by atoms with van der Waals surface area (Å²) in [6.07, 6.45) is 0.918. The van der Waals surface area contributed by atoms with Gasteiger partial charge in [0.15, 0.2) is 0 Å². The first-order valence-corrected chi connectivity index (χ1v) is 9.73. The Hall–Kier alpha value is -2.98. The van der Waals surface area contributed by atoms with E-state index in [0.29, 0.717) is 0 Å². The van der Waals surface area contributed by atoms with Crippen LogP contribution in [-0.2, 0) is 0 Å². The summed E-state index contributed by atoms with van der Waals surface area (Å²) in [7, 11) is 1.69. The van der Waals surface area contributed by atoms with Crippen molar-refractivity contribution in [1.29, 1.82) is 0 Å². The van der Waals surface area contributed by atoms with Crippen LogP contribution in [0.1, 0.15) is 29.6 Å². The lowest BCUT2D eigenvalue weighted by atomic mass is 9.93. The molecule has 1 N–H and O–H groups in total. The first-order valence-electron chi connectivity index (χ1n) is 9.36. The molecule has 1 aliphatic heterocycles. The van der Waals surface area contributed by atoms with Gasteiger partial charge in [-0.1, -0.05) is 48.0 Å². The van der Waals surface area contributed by atoms with Gasteiger partial charge in [0, 0.05) is 5.02 Å². The summed E-state index contributed by atoms with van der Waals surface area (Å²) in [6.45, 7) is 0. The second kappa shape index (κ2) is 6.88. The fourth-order valence-electron chi connectivity index (χ4n) is 4.03. The quantitative estimate of drug-likeness (QED) is 0.478. The van der Waals surface area contributed by atoms with Gasteiger partial charge in [-0.2, -0.15) is 0 Å². The SMILES string of the molecule is COc1ccc([C@@H]2C[C@@H](c3ccc(Cl)cc3)Nc3nc4ccccc4n32)cc1. The number of methoxy groups -OCH3 is 1. The number of anilines is 1. The summed E-state index contributed by atoms with van der Waals surface area (Å²) in [6, 6.07) is 25.0. The average molecular weight is 390 g/mol. The summed E-state index contributed by atoms with van der Waals surface area (Å²) in [5, 5.41) is 4.38. The fraction of sp³-hybridized carbons (Fsp3) is 0.174. The van der Waals surface area contributed by atoms with E-state index in [-0.39, 0.29) is 12.1 Å². The second-order valence-corrected chi connectivity index (χ2v) is 7.50. The number of hydrogen-bond acceptors (Lipinski definition) is 3. The molecule has 0 aliphatic carbocycles. The Kier molecular flexibility index (Phi) is 4.21. The average Bonchev–Trinajstić information content (AvgIpc) is 3.12. The van der Waals surface area contributed by atoms with Crippen LogP contribution < -0.4 is 10.1 Å². The molecule has 0 bridgehead atoms. The zero-order valence-electron chi connectivity index (χ0n) is 15.5. The van der Waals surface area contributed by atoms with Crippen LogP contribution in [0, 0.1) is 0 Å². The summed E-state index contributed by atoms with van der Waals surface area (Å²) in [4.78, 5) is 4.86. The van der Waals surface area contributed by atoms with Crippen LogP contribution in [0.2, 0.25) is 5.02 Å². The van der Waals surface area contributed by atoms with E-state index in [1.807, 2.05) is 30.3 Å². The predicted octanol–water partition coefficient (Wildman–Crippen LogP) is 5.84. The molecule has 4 aromatic rings. The molecule has 0 saturated carbocycles. The van der Waals surface area contributed by atoms with Gasteiger partial charge in [-0.3, -0.25) is 0 Å². The van der Waals surface area contributed by atoms with Gasteiger partial charge < -0.3 is 14.6 Å². The molecule has 140 valence electrons. The third-order valence-corrected chi connectivity index (χ3v) is 5.69. The smallest absolute Gasteiger partial charge is 0.204 e. The molecule has 3 aromatic carbocycles. The van der Waals surface area contributed by atoms with Crippen molar-refractivity contribution in [3.8, 4) is 5.75 Å². The first kappa shape index (κ1) is 17.1. The molecule has 5 heteroatoms. The third kappa shape index (κ3) is 2.90. The highest BCUT2D eigenvalue weighted by molar-refractivity contribution is 6.30. The van der Waals surface area contributed by atoms with Crippen LogP contribution in [0.4, 0.5) is 5.95 Å². The molecule has 0 spiro atoms. The number of benzene rings is 3. The molecule has 0 unspecified atom stereocenters. The highest BCUT2D eigenvalue weighted by Gasteiger charge is 2.30. The number of imidazole rings is 1. The molecule has 2 atom stereocenters. The van der Waals surface area contributed by atoms with E-state index in [1.165, 1.54) is 11.1 Å². The number of para-hydroxylation sites is 2. The minimum atomic E-state index is 0.161. The molecule has 2 heterocycles. The van der Waals surface area contributed by atoms with E-state index in [0.717, 1.165) is 34.2 Å². The van der Waals surface area contributed by atoms with Crippen LogP contribution in [0.25, 0.3) is 11.0 Å². The number of rotatable bonds is 3. The Morgan fingerprint density at radius 1 is 0.964 bits per heavy atom. The van der Waals surface area contributed by atoms with E-state index >= 15 is 0 Å². The monoisotopic (exact) mass is 389 g/mol. The van der Waals surface area contributed by atoms with Crippen molar-refractivity contribution < 1.29 is 4.74 Å². The van der Waals surface area contributed by atoms with Gasteiger partial charge >= 0.3 is 0 Å². The van der Waals surface area contributed by atoms with Crippen molar-refractivity contribution in [2.24, 2.45) is 0 Å². The van der Waals surface area contributed by atoms with E-state index in [9.17, 15) is 0 Å². The van der Waals surface area contributed by atoms with Crippen LogP contribution in [-0.4, -0.2) is 16.7 Å². The zero-order chi connectivity index (χ0) is 19.1. The number of halogens is 1.